The predicted octanol–water partition coefficient (Wildman–Crippen LogP) is 3.63. The molecule has 4 aliphatic carbocycles. The maximum absolute atomic E-state index is 12.9. The molecule has 3 saturated carbocycles. The Bertz CT molecular complexity index is 784. The first kappa shape index (κ1) is 20.8. The van der Waals surface area contributed by atoms with Crippen LogP contribution < -0.4 is 0 Å². The first-order chi connectivity index (χ1) is 13.5. The van der Waals surface area contributed by atoms with E-state index in [1.54, 1.807) is 0 Å². The summed E-state index contributed by atoms with van der Waals surface area (Å²) in [7, 11) is 0. The van der Waals surface area contributed by atoms with Gasteiger partial charge in [0.2, 0.25) is 5.78 Å². The predicted molar refractivity (Wildman–Crippen MR) is 108 cm³/mol. The number of aliphatic hydroxyl groups is 1. The fraction of sp³-hybridized carbons (Fsp3) is 0.792. The van der Waals surface area contributed by atoms with Crippen LogP contribution in [0.15, 0.2) is 11.6 Å². The Balaban J connectivity index is 1.64. The van der Waals surface area contributed by atoms with Gasteiger partial charge in [0, 0.05) is 18.8 Å². The van der Waals surface area contributed by atoms with Crippen LogP contribution in [0, 0.1) is 34.5 Å². The number of carbonyl (C=O) groups is 3. The standard InChI is InChI=1S/C24H34O5/c1-14-11-17-18(22(3)8-5-16(26)12-20(14)22)6-9-23(4)19(17)7-10-24(23,28)21(27)13-29-15(2)25/h12,14,17-19,28H,5-11,13H2,1-4H3/t14-,17+,18-,19+,22+,23-,24-/m0/s1. The second kappa shape index (κ2) is 6.76. The van der Waals surface area contributed by atoms with Crippen LogP contribution in [0.2, 0.25) is 0 Å². The largest absolute Gasteiger partial charge is 0.458 e. The number of fused-ring (bicyclic) bond motifs is 5. The average Bonchev–Trinajstić information content (AvgIpc) is 2.94. The van der Waals surface area contributed by atoms with Gasteiger partial charge in [0.1, 0.15) is 5.60 Å². The molecular weight excluding hydrogens is 368 g/mol. The molecule has 0 saturated heterocycles. The summed E-state index contributed by atoms with van der Waals surface area (Å²) in [4.78, 5) is 36.2. The van der Waals surface area contributed by atoms with Crippen molar-refractivity contribution in [2.24, 2.45) is 34.5 Å². The summed E-state index contributed by atoms with van der Waals surface area (Å²) in [5.74, 6) is 1.01. The fourth-order valence-electron chi connectivity index (χ4n) is 7.75. The van der Waals surface area contributed by atoms with Crippen molar-refractivity contribution in [2.45, 2.75) is 78.2 Å². The summed E-state index contributed by atoms with van der Waals surface area (Å²) in [5.41, 5.74) is -0.508. The molecule has 7 atom stereocenters. The Kier molecular flexibility index (Phi) is 4.84. The highest BCUT2D eigenvalue weighted by molar-refractivity contribution is 5.92. The molecule has 3 fully saturated rings. The van der Waals surface area contributed by atoms with Crippen LogP contribution >= 0.6 is 0 Å². The molecule has 4 aliphatic rings. The Morgan fingerprint density at radius 3 is 2.55 bits per heavy atom. The quantitative estimate of drug-likeness (QED) is 0.729. The molecule has 0 spiro atoms. The van der Waals surface area contributed by atoms with Crippen LogP contribution in [0.4, 0.5) is 0 Å². The van der Waals surface area contributed by atoms with E-state index in [1.807, 2.05) is 6.08 Å². The van der Waals surface area contributed by atoms with Crippen molar-refractivity contribution < 1.29 is 24.2 Å². The van der Waals surface area contributed by atoms with E-state index in [0.29, 0.717) is 30.6 Å². The van der Waals surface area contributed by atoms with E-state index in [9.17, 15) is 19.5 Å². The molecule has 5 nitrogen and oxygen atoms in total. The highest BCUT2D eigenvalue weighted by atomic mass is 16.5. The molecule has 1 N–H and O–H groups in total. The van der Waals surface area contributed by atoms with Gasteiger partial charge in [-0.3, -0.25) is 14.4 Å². The highest BCUT2D eigenvalue weighted by Crippen LogP contribution is 2.68. The number of ketones is 2. The van der Waals surface area contributed by atoms with Gasteiger partial charge in [0.25, 0.3) is 0 Å². The van der Waals surface area contributed by atoms with E-state index in [4.69, 9.17) is 4.74 Å². The number of hydrogen-bond donors (Lipinski definition) is 1. The number of ether oxygens (including phenoxy) is 1. The van der Waals surface area contributed by atoms with Crippen LogP contribution in [0.25, 0.3) is 0 Å². The second-order valence-electron chi connectivity index (χ2n) is 10.6. The lowest BCUT2D eigenvalue weighted by atomic mass is 9.44. The molecular formula is C24H34O5. The van der Waals surface area contributed by atoms with Crippen LogP contribution in [0.3, 0.4) is 0 Å². The van der Waals surface area contributed by atoms with E-state index >= 15 is 0 Å². The number of rotatable bonds is 3. The Labute approximate surface area is 173 Å². The molecule has 4 rings (SSSR count). The van der Waals surface area contributed by atoms with Gasteiger partial charge in [-0.15, -0.1) is 0 Å². The van der Waals surface area contributed by atoms with Crippen molar-refractivity contribution in [3.8, 4) is 0 Å². The zero-order chi connectivity index (χ0) is 21.2. The Morgan fingerprint density at radius 1 is 1.17 bits per heavy atom. The zero-order valence-electron chi connectivity index (χ0n) is 18.1. The molecule has 5 heteroatoms. The van der Waals surface area contributed by atoms with Gasteiger partial charge in [0.05, 0.1) is 0 Å². The lowest BCUT2D eigenvalue weighted by molar-refractivity contribution is -0.170. The number of hydrogen-bond acceptors (Lipinski definition) is 5. The monoisotopic (exact) mass is 402 g/mol. The number of allylic oxidation sites excluding steroid dienone is 1. The number of esters is 1. The molecule has 160 valence electrons. The molecule has 29 heavy (non-hydrogen) atoms. The summed E-state index contributed by atoms with van der Waals surface area (Å²) in [6.45, 7) is 7.60. The van der Waals surface area contributed by atoms with Crippen molar-refractivity contribution in [2.75, 3.05) is 6.61 Å². The van der Waals surface area contributed by atoms with Crippen LogP contribution in [-0.2, 0) is 19.1 Å². The van der Waals surface area contributed by atoms with Gasteiger partial charge >= 0.3 is 5.97 Å². The van der Waals surface area contributed by atoms with Gasteiger partial charge < -0.3 is 9.84 Å². The SMILES string of the molecule is CC(=O)OCC(=O)[C@@]1(O)CC[C@@H]2[C@@H]3C[C@H](C)C4=CC(=O)CC[C@]4(C)[C@H]3CC[C@@]21C. The van der Waals surface area contributed by atoms with Crippen molar-refractivity contribution in [1.82, 2.24) is 0 Å². The first-order valence-electron chi connectivity index (χ1n) is 11.2. The van der Waals surface area contributed by atoms with E-state index in [1.165, 1.54) is 12.5 Å². The van der Waals surface area contributed by atoms with Gasteiger partial charge in [-0.05, 0) is 73.7 Å². The summed E-state index contributed by atoms with van der Waals surface area (Å²) >= 11 is 0. The number of Topliss-reactive ketones (excluding diaryl/α,β-unsaturated/α-hetero) is 1. The molecule has 0 amide bonds. The maximum atomic E-state index is 12.9. The van der Waals surface area contributed by atoms with Gasteiger partial charge in [-0.25, -0.2) is 0 Å². The van der Waals surface area contributed by atoms with Crippen LogP contribution in [-0.4, -0.2) is 34.9 Å². The maximum Gasteiger partial charge on any atom is 0.303 e. The zero-order valence-corrected chi connectivity index (χ0v) is 18.1. The van der Waals surface area contributed by atoms with Crippen molar-refractivity contribution in [3.63, 3.8) is 0 Å². The third-order valence-electron chi connectivity index (χ3n) is 9.30. The topological polar surface area (TPSA) is 80.7 Å². The molecule has 0 radical (unpaired) electrons. The van der Waals surface area contributed by atoms with E-state index in [0.717, 1.165) is 32.1 Å². The van der Waals surface area contributed by atoms with E-state index in [-0.39, 0.29) is 29.5 Å². The normalized spacial score (nSPS) is 46.2. The molecule has 0 aromatic rings. The van der Waals surface area contributed by atoms with Gasteiger partial charge in [-0.1, -0.05) is 26.3 Å². The summed E-state index contributed by atoms with van der Waals surface area (Å²) in [5, 5.41) is 11.5. The first-order valence-corrected chi connectivity index (χ1v) is 11.2. The average molecular weight is 403 g/mol. The van der Waals surface area contributed by atoms with Gasteiger partial charge in [-0.2, -0.15) is 0 Å². The third-order valence-corrected chi connectivity index (χ3v) is 9.30. The van der Waals surface area contributed by atoms with Crippen molar-refractivity contribution >= 4 is 17.5 Å². The van der Waals surface area contributed by atoms with Gasteiger partial charge in [0.15, 0.2) is 12.4 Å². The molecule has 0 bridgehead atoms. The molecule has 0 aromatic carbocycles. The minimum absolute atomic E-state index is 0.0556. The molecule has 0 heterocycles. The lowest BCUT2D eigenvalue weighted by Crippen LogP contribution is -2.58. The smallest absolute Gasteiger partial charge is 0.303 e. The second-order valence-corrected chi connectivity index (χ2v) is 10.6. The molecule has 0 aliphatic heterocycles. The lowest BCUT2D eigenvalue weighted by Gasteiger charge is -2.60. The van der Waals surface area contributed by atoms with Crippen LogP contribution in [0.1, 0.15) is 72.6 Å². The minimum atomic E-state index is -1.42. The van der Waals surface area contributed by atoms with Crippen LogP contribution in [0.5, 0.6) is 0 Å². The summed E-state index contributed by atoms with van der Waals surface area (Å²) in [6, 6.07) is 0. The van der Waals surface area contributed by atoms with Crippen molar-refractivity contribution in [1.29, 1.82) is 0 Å². The fourth-order valence-corrected chi connectivity index (χ4v) is 7.75. The Hall–Kier alpha value is -1.49. The molecule has 0 unspecified atom stereocenters. The number of carbonyl (C=O) groups excluding carboxylic acids is 3. The molecule has 0 aromatic heterocycles. The summed E-state index contributed by atoms with van der Waals surface area (Å²) < 4.78 is 4.94. The highest BCUT2D eigenvalue weighted by Gasteiger charge is 2.66. The third kappa shape index (κ3) is 2.87. The minimum Gasteiger partial charge on any atom is -0.458 e. The van der Waals surface area contributed by atoms with Crippen molar-refractivity contribution in [3.05, 3.63) is 11.6 Å². The summed E-state index contributed by atoms with van der Waals surface area (Å²) in [6.07, 6.45) is 7.54. The van der Waals surface area contributed by atoms with E-state index in [2.05, 4.69) is 20.8 Å². The van der Waals surface area contributed by atoms with E-state index < -0.39 is 17.0 Å². The Morgan fingerprint density at radius 2 is 1.86 bits per heavy atom.